The van der Waals surface area contributed by atoms with E-state index >= 15 is 0 Å². The van der Waals surface area contributed by atoms with E-state index in [1.165, 1.54) is 57.1 Å². The van der Waals surface area contributed by atoms with Gasteiger partial charge in [0.2, 0.25) is 0 Å². The van der Waals surface area contributed by atoms with Crippen LogP contribution in [0.15, 0.2) is 18.2 Å². The fourth-order valence-corrected chi connectivity index (χ4v) is 4.09. The first-order chi connectivity index (χ1) is 9.76. The smallest absolute Gasteiger partial charge is 0.0326 e. The minimum Gasteiger partial charge on any atom is -0.310 e. The first-order valence-electron chi connectivity index (χ1n) is 8.59. The van der Waals surface area contributed by atoms with Gasteiger partial charge in [0.25, 0.3) is 0 Å². The molecule has 1 atom stereocenters. The minimum atomic E-state index is 0.619. The zero-order valence-electron chi connectivity index (χ0n) is 13.1. The van der Waals surface area contributed by atoms with Gasteiger partial charge in [-0.1, -0.05) is 49.9 Å². The summed E-state index contributed by atoms with van der Waals surface area (Å²) in [6.45, 7) is 5.79. The van der Waals surface area contributed by atoms with Crippen molar-refractivity contribution in [3.63, 3.8) is 0 Å². The summed E-state index contributed by atoms with van der Waals surface area (Å²) in [5, 5.41) is 3.87. The quantitative estimate of drug-likeness (QED) is 0.830. The molecule has 0 spiro atoms. The van der Waals surface area contributed by atoms with Crippen LogP contribution in [-0.4, -0.2) is 6.54 Å². The third kappa shape index (κ3) is 3.09. The van der Waals surface area contributed by atoms with E-state index in [0.717, 1.165) is 11.8 Å². The summed E-state index contributed by atoms with van der Waals surface area (Å²) in [7, 11) is 0. The molecule has 1 aromatic carbocycles. The lowest BCUT2D eigenvalue weighted by atomic mass is 9.81. The van der Waals surface area contributed by atoms with Crippen LogP contribution in [0.2, 0.25) is 0 Å². The van der Waals surface area contributed by atoms with Crippen molar-refractivity contribution in [3.05, 3.63) is 34.9 Å². The molecule has 0 aliphatic heterocycles. The molecular weight excluding hydrogens is 242 g/mol. The molecule has 1 unspecified atom stereocenters. The van der Waals surface area contributed by atoms with Gasteiger partial charge in [-0.2, -0.15) is 0 Å². The molecule has 0 saturated heterocycles. The van der Waals surface area contributed by atoms with Gasteiger partial charge in [0.1, 0.15) is 0 Å². The van der Waals surface area contributed by atoms with Gasteiger partial charge in [-0.3, -0.25) is 0 Å². The molecule has 20 heavy (non-hydrogen) atoms. The van der Waals surface area contributed by atoms with Crippen molar-refractivity contribution in [2.45, 2.75) is 64.8 Å². The lowest BCUT2D eigenvalue weighted by molar-refractivity contribution is 0.256. The SMILES string of the molecule is CCC1CCC(CNC2CCc3ccc(C)cc32)CC1. The number of aryl methyl sites for hydroxylation is 2. The molecule has 1 heteroatoms. The zero-order valence-corrected chi connectivity index (χ0v) is 13.1. The Balaban J connectivity index is 1.52. The van der Waals surface area contributed by atoms with Crippen LogP contribution < -0.4 is 5.32 Å². The Bertz CT molecular complexity index is 443. The Morgan fingerprint density at radius 3 is 2.55 bits per heavy atom. The van der Waals surface area contributed by atoms with Crippen LogP contribution in [0.1, 0.15) is 68.2 Å². The molecule has 0 aromatic heterocycles. The molecule has 2 aliphatic rings. The molecule has 1 fully saturated rings. The number of hydrogen-bond donors (Lipinski definition) is 1. The fourth-order valence-electron chi connectivity index (χ4n) is 4.09. The Morgan fingerprint density at radius 2 is 1.80 bits per heavy atom. The molecular formula is C19H29N. The monoisotopic (exact) mass is 271 g/mol. The number of fused-ring (bicyclic) bond motifs is 1. The Kier molecular flexibility index (Phi) is 4.45. The highest BCUT2D eigenvalue weighted by atomic mass is 14.9. The number of nitrogens with one attached hydrogen (secondary N) is 1. The van der Waals surface area contributed by atoms with Gasteiger partial charge in [-0.25, -0.2) is 0 Å². The highest BCUT2D eigenvalue weighted by Crippen LogP contribution is 2.34. The van der Waals surface area contributed by atoms with Crippen LogP contribution in [0, 0.1) is 18.8 Å². The third-order valence-electron chi connectivity index (χ3n) is 5.58. The van der Waals surface area contributed by atoms with Crippen LogP contribution in [-0.2, 0) is 6.42 Å². The maximum atomic E-state index is 3.87. The zero-order chi connectivity index (χ0) is 13.9. The van der Waals surface area contributed by atoms with Gasteiger partial charge < -0.3 is 5.32 Å². The summed E-state index contributed by atoms with van der Waals surface area (Å²) < 4.78 is 0. The van der Waals surface area contributed by atoms with Crippen molar-refractivity contribution in [1.29, 1.82) is 0 Å². The van der Waals surface area contributed by atoms with E-state index in [1.807, 2.05) is 0 Å². The van der Waals surface area contributed by atoms with Gasteiger partial charge in [0.05, 0.1) is 0 Å². The minimum absolute atomic E-state index is 0.619. The summed E-state index contributed by atoms with van der Waals surface area (Å²) >= 11 is 0. The van der Waals surface area contributed by atoms with E-state index in [4.69, 9.17) is 0 Å². The second-order valence-corrected chi connectivity index (χ2v) is 7.00. The molecule has 3 rings (SSSR count). The third-order valence-corrected chi connectivity index (χ3v) is 5.58. The van der Waals surface area contributed by atoms with Crippen molar-refractivity contribution in [2.75, 3.05) is 6.54 Å². The molecule has 0 bridgehead atoms. The van der Waals surface area contributed by atoms with Crippen LogP contribution >= 0.6 is 0 Å². The molecule has 2 aliphatic carbocycles. The number of hydrogen-bond acceptors (Lipinski definition) is 1. The molecule has 1 saturated carbocycles. The lowest BCUT2D eigenvalue weighted by Gasteiger charge is -2.29. The molecule has 1 aromatic rings. The normalized spacial score (nSPS) is 29.4. The van der Waals surface area contributed by atoms with Crippen LogP contribution in [0.4, 0.5) is 0 Å². The Morgan fingerprint density at radius 1 is 1.05 bits per heavy atom. The molecule has 110 valence electrons. The summed E-state index contributed by atoms with van der Waals surface area (Å²) in [5.41, 5.74) is 4.55. The second kappa shape index (κ2) is 6.30. The van der Waals surface area contributed by atoms with Gasteiger partial charge >= 0.3 is 0 Å². The average Bonchev–Trinajstić information content (AvgIpc) is 2.88. The first kappa shape index (κ1) is 14.1. The first-order valence-corrected chi connectivity index (χ1v) is 8.59. The van der Waals surface area contributed by atoms with Crippen molar-refractivity contribution in [1.82, 2.24) is 5.32 Å². The van der Waals surface area contributed by atoms with E-state index in [1.54, 1.807) is 11.1 Å². The van der Waals surface area contributed by atoms with Gasteiger partial charge in [0.15, 0.2) is 0 Å². The predicted octanol–water partition coefficient (Wildman–Crippen LogP) is 4.79. The van der Waals surface area contributed by atoms with Crippen molar-refractivity contribution >= 4 is 0 Å². The van der Waals surface area contributed by atoms with E-state index in [-0.39, 0.29) is 0 Å². The standard InChI is InChI=1S/C19H29N/c1-3-15-5-7-16(8-6-15)13-20-19-11-10-17-9-4-14(2)12-18(17)19/h4,9,12,15-16,19-20H,3,5-8,10-11,13H2,1-2H3. The van der Waals surface area contributed by atoms with Gasteiger partial charge in [0, 0.05) is 6.04 Å². The van der Waals surface area contributed by atoms with E-state index in [9.17, 15) is 0 Å². The van der Waals surface area contributed by atoms with Crippen LogP contribution in [0.5, 0.6) is 0 Å². The summed E-state index contributed by atoms with van der Waals surface area (Å²) in [6, 6.07) is 7.61. The van der Waals surface area contributed by atoms with Crippen LogP contribution in [0.3, 0.4) is 0 Å². The topological polar surface area (TPSA) is 12.0 Å². The van der Waals surface area contributed by atoms with Crippen molar-refractivity contribution < 1.29 is 0 Å². The highest BCUT2D eigenvalue weighted by Gasteiger charge is 2.24. The predicted molar refractivity (Wildman–Crippen MR) is 86.0 cm³/mol. The largest absolute Gasteiger partial charge is 0.310 e. The Hall–Kier alpha value is -0.820. The van der Waals surface area contributed by atoms with Gasteiger partial charge in [-0.05, 0) is 62.1 Å². The molecule has 0 amide bonds. The molecule has 1 N–H and O–H groups in total. The lowest BCUT2D eigenvalue weighted by Crippen LogP contribution is -2.28. The van der Waals surface area contributed by atoms with E-state index < -0.39 is 0 Å². The van der Waals surface area contributed by atoms with E-state index in [0.29, 0.717) is 6.04 Å². The Labute approximate surface area is 124 Å². The number of rotatable bonds is 4. The van der Waals surface area contributed by atoms with Gasteiger partial charge in [-0.15, -0.1) is 0 Å². The van der Waals surface area contributed by atoms with Crippen molar-refractivity contribution in [3.8, 4) is 0 Å². The highest BCUT2D eigenvalue weighted by molar-refractivity contribution is 5.37. The summed E-state index contributed by atoms with van der Waals surface area (Å²) in [4.78, 5) is 0. The average molecular weight is 271 g/mol. The van der Waals surface area contributed by atoms with Crippen LogP contribution in [0.25, 0.3) is 0 Å². The maximum absolute atomic E-state index is 3.87. The fraction of sp³-hybridized carbons (Fsp3) is 0.684. The van der Waals surface area contributed by atoms with Crippen molar-refractivity contribution in [2.24, 2.45) is 11.8 Å². The summed E-state index contributed by atoms with van der Waals surface area (Å²) in [5.74, 6) is 1.94. The summed E-state index contributed by atoms with van der Waals surface area (Å²) in [6.07, 6.45) is 9.75. The van der Waals surface area contributed by atoms with E-state index in [2.05, 4.69) is 37.4 Å². The molecule has 1 nitrogen and oxygen atoms in total. The number of benzene rings is 1. The second-order valence-electron chi connectivity index (χ2n) is 7.00. The molecule has 0 radical (unpaired) electrons. The maximum Gasteiger partial charge on any atom is 0.0326 e. The molecule has 0 heterocycles.